The molecule has 18 heavy (non-hydrogen) atoms. The summed E-state index contributed by atoms with van der Waals surface area (Å²) in [5, 5.41) is 2.76. The molecule has 0 aliphatic heterocycles. The van der Waals surface area contributed by atoms with Crippen LogP contribution in [0.4, 0.5) is 5.82 Å². The molecule has 0 spiro atoms. The summed E-state index contributed by atoms with van der Waals surface area (Å²) in [5.41, 5.74) is 0. The van der Waals surface area contributed by atoms with Gasteiger partial charge in [-0.05, 0) is 18.6 Å². The lowest BCUT2D eigenvalue weighted by molar-refractivity contribution is 0.173. The van der Waals surface area contributed by atoms with Crippen molar-refractivity contribution in [2.24, 2.45) is 0 Å². The van der Waals surface area contributed by atoms with Crippen LogP contribution in [0.25, 0.3) is 0 Å². The van der Waals surface area contributed by atoms with E-state index in [2.05, 4.69) is 15.0 Å². The van der Waals surface area contributed by atoms with Crippen molar-refractivity contribution in [3.05, 3.63) is 18.3 Å². The Morgan fingerprint density at radius 3 is 2.78 bits per heavy atom. The Morgan fingerprint density at radius 2 is 2.22 bits per heavy atom. The van der Waals surface area contributed by atoms with Gasteiger partial charge in [0.05, 0.1) is 6.61 Å². The number of anilines is 1. The number of hydrogen-bond acceptors (Lipinski definition) is 5. The molecule has 7 heteroatoms. The minimum Gasteiger partial charge on any atom is -0.383 e. The largest absolute Gasteiger partial charge is 0.383 e. The topological polar surface area (TPSA) is 80.3 Å². The first-order chi connectivity index (χ1) is 8.55. The number of ether oxygens (including phenoxy) is 1. The Bertz CT molecular complexity index is 476. The van der Waals surface area contributed by atoms with E-state index in [4.69, 9.17) is 4.74 Å². The van der Waals surface area contributed by atoms with E-state index in [0.29, 0.717) is 18.8 Å². The second-order valence-corrected chi connectivity index (χ2v) is 5.46. The minimum atomic E-state index is -3.59. The predicted octanol–water partition coefficient (Wildman–Crippen LogP) is 0.827. The van der Waals surface area contributed by atoms with Crippen molar-refractivity contribution >= 4 is 15.8 Å². The van der Waals surface area contributed by atoms with Gasteiger partial charge in [-0.15, -0.1) is 0 Å². The van der Waals surface area contributed by atoms with Crippen LogP contribution >= 0.6 is 0 Å². The first-order valence-corrected chi connectivity index (χ1v) is 7.17. The van der Waals surface area contributed by atoms with Crippen LogP contribution in [0, 0.1) is 0 Å². The van der Waals surface area contributed by atoms with Crippen LogP contribution in [0.15, 0.2) is 23.2 Å². The van der Waals surface area contributed by atoms with E-state index in [1.165, 1.54) is 12.3 Å². The zero-order valence-electron chi connectivity index (χ0n) is 10.8. The maximum atomic E-state index is 12.2. The summed E-state index contributed by atoms with van der Waals surface area (Å²) in [4.78, 5) is 4.12. The van der Waals surface area contributed by atoms with E-state index >= 15 is 0 Å². The van der Waals surface area contributed by atoms with Crippen molar-refractivity contribution in [3.63, 3.8) is 0 Å². The van der Waals surface area contributed by atoms with Crippen LogP contribution < -0.4 is 10.0 Å². The Hall–Kier alpha value is -1.18. The van der Waals surface area contributed by atoms with Crippen LogP contribution in [0.1, 0.15) is 13.3 Å². The molecule has 0 aromatic carbocycles. The van der Waals surface area contributed by atoms with E-state index in [1.54, 1.807) is 20.2 Å². The van der Waals surface area contributed by atoms with Crippen molar-refractivity contribution in [1.82, 2.24) is 9.71 Å². The summed E-state index contributed by atoms with van der Waals surface area (Å²) in [5.74, 6) is 0.331. The summed E-state index contributed by atoms with van der Waals surface area (Å²) in [6.07, 6.45) is 2.19. The highest BCUT2D eigenvalue weighted by Gasteiger charge is 2.22. The molecule has 2 N–H and O–H groups in total. The van der Waals surface area contributed by atoms with Crippen molar-refractivity contribution in [2.75, 3.05) is 26.1 Å². The van der Waals surface area contributed by atoms with Crippen LogP contribution in [0.2, 0.25) is 0 Å². The molecule has 102 valence electrons. The molecule has 1 aromatic rings. The Balaban J connectivity index is 2.98. The number of methoxy groups -OCH3 is 1. The Labute approximate surface area is 108 Å². The third-order valence-corrected chi connectivity index (χ3v) is 4.03. The third-order valence-electron chi connectivity index (χ3n) is 2.48. The number of hydrogen-bond donors (Lipinski definition) is 2. The first-order valence-electron chi connectivity index (χ1n) is 5.69. The summed E-state index contributed by atoms with van der Waals surface area (Å²) >= 11 is 0. The van der Waals surface area contributed by atoms with E-state index in [9.17, 15) is 8.42 Å². The molecule has 0 saturated carbocycles. The molecular weight excluding hydrogens is 254 g/mol. The van der Waals surface area contributed by atoms with Gasteiger partial charge in [0.25, 0.3) is 0 Å². The molecule has 0 fully saturated rings. The molecule has 1 heterocycles. The summed E-state index contributed by atoms with van der Waals surface area (Å²) in [6, 6.07) is 2.86. The quantitative estimate of drug-likeness (QED) is 0.769. The molecule has 1 atom stereocenters. The van der Waals surface area contributed by atoms with Gasteiger partial charge in [0, 0.05) is 26.4 Å². The lowest BCUT2D eigenvalue weighted by Crippen LogP contribution is -2.37. The number of aromatic nitrogens is 1. The van der Waals surface area contributed by atoms with Crippen LogP contribution in [0.5, 0.6) is 0 Å². The minimum absolute atomic E-state index is 0.141. The zero-order chi connectivity index (χ0) is 13.6. The van der Waals surface area contributed by atoms with Gasteiger partial charge in [0.15, 0.2) is 0 Å². The molecule has 0 bridgehead atoms. The van der Waals surface area contributed by atoms with Gasteiger partial charge in [-0.25, -0.2) is 18.1 Å². The number of nitrogens with zero attached hydrogens (tertiary/aromatic N) is 1. The fourth-order valence-corrected chi connectivity index (χ4v) is 2.98. The number of pyridine rings is 1. The van der Waals surface area contributed by atoms with Crippen molar-refractivity contribution < 1.29 is 13.2 Å². The Kier molecular flexibility index (Phi) is 5.52. The second-order valence-electron chi connectivity index (χ2n) is 3.78. The molecule has 0 radical (unpaired) electrons. The molecule has 0 saturated heterocycles. The molecule has 0 amide bonds. The Morgan fingerprint density at radius 1 is 1.50 bits per heavy atom. The predicted molar refractivity (Wildman–Crippen MR) is 70.1 cm³/mol. The van der Waals surface area contributed by atoms with Gasteiger partial charge < -0.3 is 10.1 Å². The summed E-state index contributed by atoms with van der Waals surface area (Å²) in [7, 11) is -0.417. The number of nitrogens with one attached hydrogen (secondary N) is 2. The van der Waals surface area contributed by atoms with Crippen LogP contribution in [0.3, 0.4) is 0 Å². The molecule has 1 aromatic heterocycles. The van der Waals surface area contributed by atoms with E-state index in [0.717, 1.165) is 0 Å². The molecule has 1 rings (SSSR count). The standard InChI is InChI=1S/C11H19N3O3S/c1-4-9(8-17-3)14-18(15,16)10-6-5-7-13-11(10)12-2/h5-7,9,14H,4,8H2,1-3H3,(H,12,13). The normalized spacial score (nSPS) is 13.3. The molecular formula is C11H19N3O3S. The lowest BCUT2D eigenvalue weighted by Gasteiger charge is -2.17. The third kappa shape index (κ3) is 3.66. The summed E-state index contributed by atoms with van der Waals surface area (Å²) in [6.45, 7) is 2.24. The zero-order valence-corrected chi connectivity index (χ0v) is 11.6. The SMILES string of the molecule is CCC(COC)NS(=O)(=O)c1cccnc1NC. The smallest absolute Gasteiger partial charge is 0.244 e. The summed E-state index contributed by atoms with van der Waals surface area (Å²) < 4.78 is 32.0. The van der Waals surface area contributed by atoms with Gasteiger partial charge in [-0.2, -0.15) is 0 Å². The van der Waals surface area contributed by atoms with Crippen molar-refractivity contribution in [3.8, 4) is 0 Å². The van der Waals surface area contributed by atoms with Gasteiger partial charge in [0.1, 0.15) is 10.7 Å². The van der Waals surface area contributed by atoms with E-state index in [1.807, 2.05) is 6.92 Å². The highest BCUT2D eigenvalue weighted by molar-refractivity contribution is 7.89. The molecule has 0 aliphatic rings. The lowest BCUT2D eigenvalue weighted by atomic mass is 10.3. The maximum Gasteiger partial charge on any atom is 0.244 e. The highest BCUT2D eigenvalue weighted by Crippen LogP contribution is 2.17. The van der Waals surface area contributed by atoms with Gasteiger partial charge in [-0.1, -0.05) is 6.92 Å². The first kappa shape index (κ1) is 14.9. The van der Waals surface area contributed by atoms with Crippen LogP contribution in [-0.4, -0.2) is 40.2 Å². The van der Waals surface area contributed by atoms with Crippen molar-refractivity contribution in [1.29, 1.82) is 0 Å². The molecule has 0 aliphatic carbocycles. The van der Waals surface area contributed by atoms with Crippen molar-refractivity contribution in [2.45, 2.75) is 24.3 Å². The van der Waals surface area contributed by atoms with E-state index in [-0.39, 0.29) is 10.9 Å². The van der Waals surface area contributed by atoms with Crippen LogP contribution in [-0.2, 0) is 14.8 Å². The second kappa shape index (κ2) is 6.67. The van der Waals surface area contributed by atoms with Gasteiger partial charge in [0.2, 0.25) is 10.0 Å². The fraction of sp³-hybridized carbons (Fsp3) is 0.545. The average molecular weight is 273 g/mol. The number of sulfonamides is 1. The van der Waals surface area contributed by atoms with Gasteiger partial charge in [-0.3, -0.25) is 0 Å². The monoisotopic (exact) mass is 273 g/mol. The maximum absolute atomic E-state index is 12.2. The number of rotatable bonds is 7. The van der Waals surface area contributed by atoms with Gasteiger partial charge >= 0.3 is 0 Å². The highest BCUT2D eigenvalue weighted by atomic mass is 32.2. The average Bonchev–Trinajstić information content (AvgIpc) is 2.38. The van der Waals surface area contributed by atoms with E-state index < -0.39 is 10.0 Å². The fourth-order valence-electron chi connectivity index (χ4n) is 1.51. The molecule has 6 nitrogen and oxygen atoms in total. The molecule has 1 unspecified atom stereocenters.